The fourth-order valence-electron chi connectivity index (χ4n) is 5.31. The minimum atomic E-state index is -0.243. The molecule has 1 aliphatic carbocycles. The fourth-order valence-corrected chi connectivity index (χ4v) is 5.31. The van der Waals surface area contributed by atoms with E-state index in [2.05, 4.69) is 45.4 Å². The van der Waals surface area contributed by atoms with E-state index in [4.69, 9.17) is 0 Å². The zero-order valence-corrected chi connectivity index (χ0v) is 21.6. The van der Waals surface area contributed by atoms with E-state index in [1.807, 2.05) is 25.3 Å². The highest BCUT2D eigenvalue weighted by atomic mass is 16.2. The molecule has 1 aromatic carbocycles. The summed E-state index contributed by atoms with van der Waals surface area (Å²) in [6, 6.07) is 6.53. The molecule has 1 saturated heterocycles. The molecule has 5 rings (SSSR count). The Morgan fingerprint density at radius 1 is 1.22 bits per heavy atom. The van der Waals surface area contributed by atoms with Gasteiger partial charge in [-0.05, 0) is 81.2 Å². The first-order valence-corrected chi connectivity index (χ1v) is 13.2. The monoisotopic (exact) mass is 490 g/mol. The van der Waals surface area contributed by atoms with Crippen molar-refractivity contribution in [1.29, 1.82) is 0 Å². The van der Waals surface area contributed by atoms with E-state index in [-0.39, 0.29) is 18.0 Å². The van der Waals surface area contributed by atoms with E-state index in [0.717, 1.165) is 35.3 Å². The Bertz CT molecular complexity index is 1290. The number of anilines is 1. The molecular weight excluding hydrogens is 452 g/mol. The number of aromatic amines is 1. The van der Waals surface area contributed by atoms with Crippen molar-refractivity contribution in [1.82, 2.24) is 24.8 Å². The zero-order valence-electron chi connectivity index (χ0n) is 21.6. The van der Waals surface area contributed by atoms with Crippen molar-refractivity contribution < 1.29 is 4.79 Å². The van der Waals surface area contributed by atoms with E-state index in [1.165, 1.54) is 35.9 Å². The van der Waals surface area contributed by atoms with Gasteiger partial charge in [0.05, 0.1) is 0 Å². The Morgan fingerprint density at radius 2 is 2.06 bits per heavy atom. The Kier molecular flexibility index (Phi) is 7.14. The number of rotatable bonds is 9. The van der Waals surface area contributed by atoms with Crippen molar-refractivity contribution >= 4 is 22.6 Å². The molecule has 192 valence electrons. The highest BCUT2D eigenvalue weighted by Gasteiger charge is 2.31. The lowest BCUT2D eigenvalue weighted by atomic mass is 9.92. The van der Waals surface area contributed by atoms with Gasteiger partial charge in [0.25, 0.3) is 5.56 Å². The molecule has 0 radical (unpaired) electrons. The first-order valence-electron chi connectivity index (χ1n) is 13.2. The maximum atomic E-state index is 13.2. The lowest BCUT2D eigenvalue weighted by Gasteiger charge is -2.38. The third-order valence-corrected chi connectivity index (χ3v) is 7.79. The van der Waals surface area contributed by atoms with Crippen molar-refractivity contribution in [3.05, 3.63) is 57.8 Å². The number of nitrogens with zero attached hydrogens (tertiary/aromatic N) is 3. The van der Waals surface area contributed by atoms with Crippen LogP contribution in [0.4, 0.5) is 5.82 Å². The van der Waals surface area contributed by atoms with E-state index in [0.29, 0.717) is 36.6 Å². The summed E-state index contributed by atoms with van der Waals surface area (Å²) in [5, 5.41) is 7.44. The molecule has 36 heavy (non-hydrogen) atoms. The summed E-state index contributed by atoms with van der Waals surface area (Å²) in [6.45, 7) is 9.58. The molecule has 0 bridgehead atoms. The van der Waals surface area contributed by atoms with Crippen molar-refractivity contribution in [2.24, 2.45) is 11.8 Å². The molecule has 2 aliphatic rings. The number of fused-ring (bicyclic) bond motifs is 1. The van der Waals surface area contributed by atoms with Gasteiger partial charge in [0.15, 0.2) is 5.82 Å². The second-order valence-corrected chi connectivity index (χ2v) is 10.9. The smallest absolute Gasteiger partial charge is 0.293 e. The summed E-state index contributed by atoms with van der Waals surface area (Å²) < 4.78 is 1.51. The number of carbonyl (C=O) groups excluding carboxylic acids is 1. The van der Waals surface area contributed by atoms with Crippen LogP contribution >= 0.6 is 0 Å². The predicted molar refractivity (Wildman–Crippen MR) is 143 cm³/mol. The molecule has 8 heteroatoms. The van der Waals surface area contributed by atoms with Crippen LogP contribution in [0.25, 0.3) is 10.9 Å². The molecule has 2 fully saturated rings. The number of hydrogen-bond acceptors (Lipinski definition) is 5. The Labute approximate surface area is 212 Å². The molecule has 1 amide bonds. The quantitative estimate of drug-likeness (QED) is 0.426. The van der Waals surface area contributed by atoms with Crippen LogP contribution in [0, 0.1) is 25.7 Å². The molecule has 8 nitrogen and oxygen atoms in total. The van der Waals surface area contributed by atoms with Crippen LogP contribution in [-0.2, 0) is 17.9 Å². The van der Waals surface area contributed by atoms with Gasteiger partial charge in [0, 0.05) is 54.7 Å². The lowest BCUT2D eigenvalue weighted by molar-refractivity contribution is -0.121. The minimum Gasteiger partial charge on any atom is -0.364 e. The van der Waals surface area contributed by atoms with Crippen LogP contribution in [0.3, 0.4) is 0 Å². The summed E-state index contributed by atoms with van der Waals surface area (Å²) in [5.74, 6) is 1.68. The van der Waals surface area contributed by atoms with Crippen molar-refractivity contribution in [3.8, 4) is 0 Å². The van der Waals surface area contributed by atoms with Crippen LogP contribution < -0.4 is 16.2 Å². The van der Waals surface area contributed by atoms with Crippen LogP contribution in [0.2, 0.25) is 0 Å². The van der Waals surface area contributed by atoms with Gasteiger partial charge in [-0.15, -0.1) is 0 Å². The molecule has 1 unspecified atom stereocenters. The molecule has 3 N–H and O–H groups in total. The van der Waals surface area contributed by atoms with Gasteiger partial charge < -0.3 is 15.6 Å². The number of likely N-dealkylation sites (tertiary alicyclic amines) is 1. The van der Waals surface area contributed by atoms with E-state index in [9.17, 15) is 9.59 Å². The summed E-state index contributed by atoms with van der Waals surface area (Å²) >= 11 is 0. The molecule has 1 saturated carbocycles. The third-order valence-electron chi connectivity index (χ3n) is 7.79. The van der Waals surface area contributed by atoms with Gasteiger partial charge >= 0.3 is 0 Å². The van der Waals surface area contributed by atoms with Gasteiger partial charge in [-0.25, -0.2) is 4.98 Å². The lowest BCUT2D eigenvalue weighted by Crippen LogP contribution is -2.47. The summed E-state index contributed by atoms with van der Waals surface area (Å²) in [5.41, 5.74) is 3.71. The number of nitrogens with one attached hydrogen (secondary N) is 3. The van der Waals surface area contributed by atoms with Gasteiger partial charge in [-0.1, -0.05) is 13.0 Å². The van der Waals surface area contributed by atoms with Crippen LogP contribution in [0.15, 0.2) is 35.4 Å². The Balaban J connectivity index is 1.21. The molecule has 3 aromatic rings. The average molecular weight is 491 g/mol. The largest absolute Gasteiger partial charge is 0.364 e. The Hall–Kier alpha value is -3.13. The number of hydrogen-bond donors (Lipinski definition) is 3. The number of amides is 1. The summed E-state index contributed by atoms with van der Waals surface area (Å²) in [4.78, 5) is 36.2. The Morgan fingerprint density at radius 3 is 2.86 bits per heavy atom. The zero-order chi connectivity index (χ0) is 25.2. The third kappa shape index (κ3) is 5.64. The van der Waals surface area contributed by atoms with Crippen molar-refractivity contribution in [3.63, 3.8) is 0 Å². The van der Waals surface area contributed by atoms with E-state index < -0.39 is 0 Å². The van der Waals surface area contributed by atoms with Crippen molar-refractivity contribution in [2.45, 2.75) is 65.6 Å². The number of benzene rings is 1. The van der Waals surface area contributed by atoms with Gasteiger partial charge in [-0.3, -0.25) is 19.1 Å². The van der Waals surface area contributed by atoms with E-state index >= 15 is 0 Å². The second-order valence-electron chi connectivity index (χ2n) is 10.9. The normalized spacial score (nSPS) is 20.5. The highest BCUT2D eigenvalue weighted by molar-refractivity contribution is 5.83. The molecule has 2 atom stereocenters. The first kappa shape index (κ1) is 24.6. The molecule has 2 aromatic heterocycles. The number of H-pyrrole nitrogens is 1. The van der Waals surface area contributed by atoms with Crippen molar-refractivity contribution in [2.75, 3.05) is 25.0 Å². The standard InChI is InChI=1S/C28H38N6O2/c1-18-8-9-33(16-21-4-5-21)23(10-18)15-32-27-28(36)34(20(3)13-31-27)17-26(35)30-14-22-6-7-25-24(11-22)19(2)12-29-25/h6-7,11-13,18,21,23,29H,4-5,8-10,14-17H2,1-3H3,(H,30,35)(H,31,32)/t18-,23?/m1/s1. The first-order chi connectivity index (χ1) is 17.4. The molecule has 3 heterocycles. The maximum absolute atomic E-state index is 13.2. The number of piperidine rings is 1. The topological polar surface area (TPSA) is 95.0 Å². The average Bonchev–Trinajstić information content (AvgIpc) is 3.61. The molecule has 1 aliphatic heterocycles. The number of aromatic nitrogens is 3. The van der Waals surface area contributed by atoms with E-state index in [1.54, 1.807) is 6.20 Å². The van der Waals surface area contributed by atoms with Gasteiger partial charge in [-0.2, -0.15) is 0 Å². The number of carbonyl (C=O) groups is 1. The van der Waals surface area contributed by atoms with Gasteiger partial charge in [0.2, 0.25) is 5.91 Å². The predicted octanol–water partition coefficient (Wildman–Crippen LogP) is 3.58. The highest BCUT2D eigenvalue weighted by Crippen LogP contribution is 2.33. The molecule has 0 spiro atoms. The fraction of sp³-hybridized carbons (Fsp3) is 0.536. The van der Waals surface area contributed by atoms with Crippen LogP contribution in [0.5, 0.6) is 0 Å². The summed E-state index contributed by atoms with van der Waals surface area (Å²) in [7, 11) is 0. The maximum Gasteiger partial charge on any atom is 0.293 e. The molecular formula is C28H38N6O2. The van der Waals surface area contributed by atoms with Crippen LogP contribution in [-0.4, -0.2) is 51.0 Å². The second kappa shape index (κ2) is 10.5. The minimum absolute atomic E-state index is 0.0262. The SMILES string of the molecule is Cc1c[nH]c2ccc(CNC(=O)Cn3c(C)cnc(NCC4C[C@H](C)CCN4CC4CC4)c3=O)cc12. The van der Waals surface area contributed by atoms with Crippen LogP contribution in [0.1, 0.15) is 49.4 Å². The summed E-state index contributed by atoms with van der Waals surface area (Å²) in [6.07, 6.45) is 8.72. The number of aryl methyl sites for hydroxylation is 2. The van der Waals surface area contributed by atoms with Gasteiger partial charge in [0.1, 0.15) is 6.54 Å².